The quantitative estimate of drug-likeness (QED) is 0.565. The van der Waals surface area contributed by atoms with Crippen LogP contribution in [0.5, 0.6) is 5.75 Å². The van der Waals surface area contributed by atoms with E-state index in [2.05, 4.69) is 38.6 Å². The van der Waals surface area contributed by atoms with Gasteiger partial charge < -0.3 is 20.4 Å². The number of benzene rings is 1. The fourth-order valence-corrected chi connectivity index (χ4v) is 3.98. The molecule has 8 nitrogen and oxygen atoms in total. The predicted molar refractivity (Wildman–Crippen MR) is 113 cm³/mol. The summed E-state index contributed by atoms with van der Waals surface area (Å²) in [5, 5.41) is 22.6. The molecule has 3 N–H and O–H groups in total. The largest absolute Gasteiger partial charge is 0.508 e. The van der Waals surface area contributed by atoms with Gasteiger partial charge in [-0.05, 0) is 50.8 Å². The zero-order valence-electron chi connectivity index (χ0n) is 16.9. The second-order valence-electron chi connectivity index (χ2n) is 7.79. The summed E-state index contributed by atoms with van der Waals surface area (Å²) in [6.45, 7) is 5.95. The van der Waals surface area contributed by atoms with Crippen molar-refractivity contribution in [2.75, 3.05) is 29.9 Å². The molecule has 4 rings (SSSR count). The molecule has 1 atom stereocenters. The third-order valence-corrected chi connectivity index (χ3v) is 5.46. The fraction of sp³-hybridized carbons (Fsp3) is 0.476. The van der Waals surface area contributed by atoms with E-state index >= 15 is 0 Å². The van der Waals surface area contributed by atoms with Crippen molar-refractivity contribution in [1.82, 2.24) is 19.5 Å². The standard InChI is InChI=1S/C21H28N6O2/c1-14(2)27-20-18(25-21(27)26-11-3-4-16(26)12-28)19(23-13-24-20)22-10-9-15-5-7-17(29)8-6-15/h5-8,13-14,16,28-29H,3-4,9-12H2,1-2H3,(H,22,23,24). The number of fused-ring (bicyclic) bond motifs is 1. The first-order valence-electron chi connectivity index (χ1n) is 10.2. The number of anilines is 2. The summed E-state index contributed by atoms with van der Waals surface area (Å²) in [4.78, 5) is 16.0. The van der Waals surface area contributed by atoms with Crippen molar-refractivity contribution in [2.45, 2.75) is 45.2 Å². The van der Waals surface area contributed by atoms with E-state index in [1.165, 1.54) is 0 Å². The molecule has 0 saturated carbocycles. The van der Waals surface area contributed by atoms with E-state index in [9.17, 15) is 10.2 Å². The molecule has 8 heteroatoms. The zero-order chi connectivity index (χ0) is 20.4. The maximum Gasteiger partial charge on any atom is 0.208 e. The number of aliphatic hydroxyl groups is 1. The van der Waals surface area contributed by atoms with Crippen LogP contribution in [0.2, 0.25) is 0 Å². The Morgan fingerprint density at radius 2 is 2.00 bits per heavy atom. The SMILES string of the molecule is CC(C)n1c(N2CCCC2CO)nc2c(NCCc3ccc(O)cc3)ncnc21. The highest BCUT2D eigenvalue weighted by Crippen LogP contribution is 2.32. The van der Waals surface area contributed by atoms with Gasteiger partial charge in [0.25, 0.3) is 0 Å². The van der Waals surface area contributed by atoms with E-state index in [1.54, 1.807) is 18.5 Å². The van der Waals surface area contributed by atoms with Gasteiger partial charge in [0.05, 0.1) is 12.6 Å². The van der Waals surface area contributed by atoms with E-state index in [0.717, 1.165) is 48.5 Å². The van der Waals surface area contributed by atoms with E-state index in [1.807, 2.05) is 12.1 Å². The highest BCUT2D eigenvalue weighted by Gasteiger charge is 2.30. The number of hydrogen-bond donors (Lipinski definition) is 3. The van der Waals surface area contributed by atoms with E-state index in [0.29, 0.717) is 12.4 Å². The minimum atomic E-state index is 0.100. The monoisotopic (exact) mass is 396 g/mol. The number of imidazole rings is 1. The van der Waals surface area contributed by atoms with Crippen LogP contribution in [0.3, 0.4) is 0 Å². The van der Waals surface area contributed by atoms with Crippen LogP contribution in [0.1, 0.15) is 38.3 Å². The lowest BCUT2D eigenvalue weighted by Crippen LogP contribution is -2.34. The van der Waals surface area contributed by atoms with Gasteiger partial charge in [0.15, 0.2) is 17.0 Å². The minimum Gasteiger partial charge on any atom is -0.508 e. The van der Waals surface area contributed by atoms with Gasteiger partial charge in [-0.2, -0.15) is 0 Å². The smallest absolute Gasteiger partial charge is 0.208 e. The molecule has 0 bridgehead atoms. The summed E-state index contributed by atoms with van der Waals surface area (Å²) in [5.41, 5.74) is 2.70. The van der Waals surface area contributed by atoms with Crippen LogP contribution in [-0.2, 0) is 6.42 Å². The van der Waals surface area contributed by atoms with Gasteiger partial charge in [0, 0.05) is 19.1 Å². The van der Waals surface area contributed by atoms with Crippen molar-refractivity contribution in [1.29, 1.82) is 0 Å². The van der Waals surface area contributed by atoms with Crippen molar-refractivity contribution in [3.05, 3.63) is 36.2 Å². The molecule has 1 fully saturated rings. The molecule has 154 valence electrons. The van der Waals surface area contributed by atoms with Crippen molar-refractivity contribution in [2.24, 2.45) is 0 Å². The highest BCUT2D eigenvalue weighted by atomic mass is 16.3. The van der Waals surface area contributed by atoms with Crippen molar-refractivity contribution >= 4 is 22.9 Å². The number of nitrogens with one attached hydrogen (secondary N) is 1. The van der Waals surface area contributed by atoms with Crippen LogP contribution in [0.4, 0.5) is 11.8 Å². The Kier molecular flexibility index (Phi) is 5.53. The number of aromatic nitrogens is 4. The van der Waals surface area contributed by atoms with Crippen molar-refractivity contribution in [3.8, 4) is 5.75 Å². The zero-order valence-corrected chi connectivity index (χ0v) is 16.9. The van der Waals surface area contributed by atoms with Gasteiger partial charge >= 0.3 is 0 Å². The maximum absolute atomic E-state index is 9.76. The molecule has 29 heavy (non-hydrogen) atoms. The summed E-state index contributed by atoms with van der Waals surface area (Å²) in [7, 11) is 0. The lowest BCUT2D eigenvalue weighted by Gasteiger charge is -2.26. The number of phenolic OH excluding ortho intramolecular Hbond substituents is 1. The predicted octanol–water partition coefficient (Wildman–Crippen LogP) is 2.73. The average Bonchev–Trinajstić information content (AvgIpc) is 3.33. The molecule has 0 aliphatic carbocycles. The number of phenols is 1. The van der Waals surface area contributed by atoms with Crippen molar-refractivity contribution < 1.29 is 10.2 Å². The second kappa shape index (κ2) is 8.24. The van der Waals surface area contributed by atoms with Crippen LogP contribution < -0.4 is 10.2 Å². The molecule has 1 aliphatic rings. The summed E-state index contributed by atoms with van der Waals surface area (Å²) in [6.07, 6.45) is 4.41. The molecule has 0 spiro atoms. The first-order chi connectivity index (χ1) is 14.1. The Balaban J connectivity index is 1.61. The Bertz CT molecular complexity index is 969. The molecule has 3 heterocycles. The van der Waals surface area contributed by atoms with E-state index < -0.39 is 0 Å². The fourth-order valence-electron chi connectivity index (χ4n) is 3.98. The lowest BCUT2D eigenvalue weighted by atomic mass is 10.1. The van der Waals surface area contributed by atoms with Crippen LogP contribution >= 0.6 is 0 Å². The average molecular weight is 396 g/mol. The Morgan fingerprint density at radius 1 is 1.21 bits per heavy atom. The molecule has 1 unspecified atom stereocenters. The Hall–Kier alpha value is -2.87. The van der Waals surface area contributed by atoms with Crippen LogP contribution in [0, 0.1) is 0 Å². The van der Waals surface area contributed by atoms with Crippen LogP contribution in [0.15, 0.2) is 30.6 Å². The number of rotatable bonds is 7. The van der Waals surface area contributed by atoms with Gasteiger partial charge in [-0.1, -0.05) is 12.1 Å². The first kappa shape index (κ1) is 19.4. The molecule has 2 aromatic heterocycles. The number of hydrogen-bond acceptors (Lipinski definition) is 7. The third kappa shape index (κ3) is 3.85. The molecule has 0 amide bonds. The molecule has 1 aromatic carbocycles. The van der Waals surface area contributed by atoms with Gasteiger partial charge in [-0.3, -0.25) is 4.57 Å². The number of aromatic hydroxyl groups is 1. The minimum absolute atomic E-state index is 0.100. The third-order valence-electron chi connectivity index (χ3n) is 5.46. The molecule has 3 aromatic rings. The molecule has 0 radical (unpaired) electrons. The normalized spacial score (nSPS) is 16.8. The molecular formula is C21H28N6O2. The summed E-state index contributed by atoms with van der Waals surface area (Å²) >= 11 is 0. The molecule has 1 aliphatic heterocycles. The molecule has 1 saturated heterocycles. The first-order valence-corrected chi connectivity index (χ1v) is 10.2. The van der Waals surface area contributed by atoms with Crippen LogP contribution in [0.25, 0.3) is 11.2 Å². The topological polar surface area (TPSA) is 99.3 Å². The van der Waals surface area contributed by atoms with E-state index in [-0.39, 0.29) is 24.4 Å². The Morgan fingerprint density at radius 3 is 2.72 bits per heavy atom. The number of nitrogens with zero attached hydrogens (tertiary/aromatic N) is 5. The lowest BCUT2D eigenvalue weighted by molar-refractivity contribution is 0.265. The van der Waals surface area contributed by atoms with Crippen molar-refractivity contribution in [3.63, 3.8) is 0 Å². The van der Waals surface area contributed by atoms with Gasteiger partial charge in [0.2, 0.25) is 5.95 Å². The second-order valence-corrected chi connectivity index (χ2v) is 7.79. The van der Waals surface area contributed by atoms with Crippen LogP contribution in [-0.4, -0.2) is 55.5 Å². The van der Waals surface area contributed by atoms with Gasteiger partial charge in [-0.25, -0.2) is 15.0 Å². The number of aliphatic hydroxyl groups excluding tert-OH is 1. The maximum atomic E-state index is 9.76. The Labute approximate surface area is 170 Å². The highest BCUT2D eigenvalue weighted by molar-refractivity contribution is 5.85. The van der Waals surface area contributed by atoms with E-state index in [4.69, 9.17) is 4.98 Å². The van der Waals surface area contributed by atoms with Gasteiger partial charge in [0.1, 0.15) is 12.1 Å². The summed E-state index contributed by atoms with van der Waals surface area (Å²) < 4.78 is 2.14. The van der Waals surface area contributed by atoms with Gasteiger partial charge in [-0.15, -0.1) is 0 Å². The summed E-state index contributed by atoms with van der Waals surface area (Å²) in [5.74, 6) is 1.84. The summed E-state index contributed by atoms with van der Waals surface area (Å²) in [6, 6.07) is 7.52. The molecular weight excluding hydrogens is 368 g/mol.